The van der Waals surface area contributed by atoms with Gasteiger partial charge < -0.3 is 10.4 Å². The zero-order chi connectivity index (χ0) is 21.8. The molecule has 1 fully saturated rings. The predicted molar refractivity (Wildman–Crippen MR) is 124 cm³/mol. The van der Waals surface area contributed by atoms with Crippen LogP contribution in [0, 0.1) is 0 Å². The van der Waals surface area contributed by atoms with Gasteiger partial charge in [0.05, 0.1) is 11.3 Å². The molecule has 0 aromatic heterocycles. The first-order valence-electron chi connectivity index (χ1n) is 10.6. The van der Waals surface area contributed by atoms with Crippen LogP contribution in [0.1, 0.15) is 41.3 Å². The van der Waals surface area contributed by atoms with Crippen molar-refractivity contribution in [1.82, 2.24) is 4.90 Å². The van der Waals surface area contributed by atoms with Crippen molar-refractivity contribution in [1.29, 1.82) is 0 Å². The molecule has 158 valence electrons. The lowest BCUT2D eigenvalue weighted by atomic mass is 10.0. The van der Waals surface area contributed by atoms with E-state index in [1.165, 1.54) is 18.9 Å². The zero-order valence-electron chi connectivity index (χ0n) is 17.6. The molecule has 0 atom stereocenters. The average Bonchev–Trinajstić information content (AvgIpc) is 3.26. The van der Waals surface area contributed by atoms with E-state index in [0.717, 1.165) is 47.1 Å². The van der Waals surface area contributed by atoms with Crippen molar-refractivity contribution in [2.75, 3.05) is 18.4 Å². The van der Waals surface area contributed by atoms with Gasteiger partial charge in [0.15, 0.2) is 0 Å². The number of carboxylic acid groups (broad SMARTS) is 1. The number of aromatic carboxylic acids is 1. The molecule has 1 aliphatic heterocycles. The highest BCUT2D eigenvalue weighted by Gasteiger charge is 2.16. The van der Waals surface area contributed by atoms with Gasteiger partial charge in [-0.05, 0) is 78.5 Å². The molecule has 0 unspecified atom stereocenters. The summed E-state index contributed by atoms with van der Waals surface area (Å²) in [4.78, 5) is 26.7. The third-order valence-electron chi connectivity index (χ3n) is 5.73. The number of hydrogen-bond acceptors (Lipinski definition) is 3. The van der Waals surface area contributed by atoms with Gasteiger partial charge in [-0.25, -0.2) is 4.79 Å². The minimum Gasteiger partial charge on any atom is -0.478 e. The van der Waals surface area contributed by atoms with Crippen molar-refractivity contribution < 1.29 is 14.7 Å². The van der Waals surface area contributed by atoms with Crippen molar-refractivity contribution >= 4 is 33.9 Å². The lowest BCUT2D eigenvalue weighted by Gasteiger charge is -2.16. The van der Waals surface area contributed by atoms with Gasteiger partial charge in [0.2, 0.25) is 5.91 Å². The van der Waals surface area contributed by atoms with E-state index in [0.29, 0.717) is 5.69 Å². The van der Waals surface area contributed by atoms with Gasteiger partial charge in [0, 0.05) is 12.6 Å². The minimum absolute atomic E-state index is 0.0929. The molecule has 1 heterocycles. The summed E-state index contributed by atoms with van der Waals surface area (Å²) in [5.41, 5.74) is 3.19. The van der Waals surface area contributed by atoms with Crippen LogP contribution < -0.4 is 5.32 Å². The molecule has 1 saturated heterocycles. The summed E-state index contributed by atoms with van der Waals surface area (Å²) >= 11 is 0. The molecule has 1 amide bonds. The van der Waals surface area contributed by atoms with Crippen molar-refractivity contribution in [3.05, 3.63) is 83.4 Å². The average molecular weight is 415 g/mol. The number of carbonyl (C=O) groups is 2. The van der Waals surface area contributed by atoms with Gasteiger partial charge in [-0.15, -0.1) is 0 Å². The Kier molecular flexibility index (Phi) is 6.14. The molecule has 0 spiro atoms. The van der Waals surface area contributed by atoms with Crippen LogP contribution in [0.15, 0.2) is 66.7 Å². The highest BCUT2D eigenvalue weighted by molar-refractivity contribution is 6.07. The highest BCUT2D eigenvalue weighted by atomic mass is 16.4. The smallest absolute Gasteiger partial charge is 0.337 e. The van der Waals surface area contributed by atoms with Gasteiger partial charge in [0.1, 0.15) is 0 Å². The summed E-state index contributed by atoms with van der Waals surface area (Å²) in [5.74, 6) is -1.40. The van der Waals surface area contributed by atoms with E-state index in [1.807, 2.05) is 55.5 Å². The van der Waals surface area contributed by atoms with Crippen LogP contribution in [-0.2, 0) is 11.3 Å². The normalized spacial score (nSPS) is 14.7. The Morgan fingerprint density at radius 1 is 1.00 bits per heavy atom. The second kappa shape index (κ2) is 9.14. The lowest BCUT2D eigenvalue weighted by molar-refractivity contribution is -0.111. The maximum absolute atomic E-state index is 12.7. The molecule has 3 aromatic carbocycles. The van der Waals surface area contributed by atoms with Crippen LogP contribution in [0.3, 0.4) is 0 Å². The fourth-order valence-corrected chi connectivity index (χ4v) is 4.06. The zero-order valence-corrected chi connectivity index (χ0v) is 17.6. The van der Waals surface area contributed by atoms with Gasteiger partial charge in [-0.1, -0.05) is 42.5 Å². The van der Waals surface area contributed by atoms with E-state index in [-0.39, 0.29) is 11.5 Å². The standard InChI is InChI=1S/C26H26N2O3/c1-18(21-10-9-20-6-2-3-7-22(20)16-21)14-25(29)27-24-15-19(8-11-23(24)26(30)31)17-28-12-4-5-13-28/h2-3,6-11,14-16H,4-5,12-13,17H2,1H3,(H,27,29)(H,30,31). The number of allylic oxidation sites excluding steroid dienone is 1. The SMILES string of the molecule is CC(=CC(=O)Nc1cc(CN2CCCC2)ccc1C(=O)O)c1ccc2ccccc2c1. The third-order valence-corrected chi connectivity index (χ3v) is 5.73. The first kappa shape index (κ1) is 20.8. The van der Waals surface area contributed by atoms with Crippen molar-refractivity contribution in [2.45, 2.75) is 26.3 Å². The van der Waals surface area contributed by atoms with E-state index < -0.39 is 5.97 Å². The number of carboxylic acids is 1. The highest BCUT2D eigenvalue weighted by Crippen LogP contribution is 2.23. The Bertz CT molecular complexity index is 1160. The Labute approximate surface area is 182 Å². The lowest BCUT2D eigenvalue weighted by Crippen LogP contribution is -2.19. The second-order valence-corrected chi connectivity index (χ2v) is 8.05. The number of rotatable bonds is 6. The summed E-state index contributed by atoms with van der Waals surface area (Å²) in [7, 11) is 0. The molecule has 2 N–H and O–H groups in total. The van der Waals surface area contributed by atoms with Crippen LogP contribution in [-0.4, -0.2) is 35.0 Å². The summed E-state index contributed by atoms with van der Waals surface area (Å²) in [6.07, 6.45) is 3.90. The number of benzene rings is 3. The number of carbonyl (C=O) groups excluding carboxylic acids is 1. The van der Waals surface area contributed by atoms with Crippen molar-refractivity contribution in [3.63, 3.8) is 0 Å². The summed E-state index contributed by atoms with van der Waals surface area (Å²) in [6.45, 7) is 4.74. The molecule has 31 heavy (non-hydrogen) atoms. The Morgan fingerprint density at radius 2 is 1.74 bits per heavy atom. The van der Waals surface area contributed by atoms with E-state index in [1.54, 1.807) is 12.1 Å². The number of nitrogens with one attached hydrogen (secondary N) is 1. The number of nitrogens with zero attached hydrogens (tertiary/aromatic N) is 1. The molecule has 3 aromatic rings. The quantitative estimate of drug-likeness (QED) is 0.546. The van der Waals surface area contributed by atoms with Crippen molar-refractivity contribution in [2.24, 2.45) is 0 Å². The van der Waals surface area contributed by atoms with Crippen LogP contribution in [0.4, 0.5) is 5.69 Å². The summed E-state index contributed by atoms with van der Waals surface area (Å²) < 4.78 is 0. The molecule has 1 aliphatic rings. The molecule has 5 nitrogen and oxygen atoms in total. The Hall–Kier alpha value is -3.44. The molecule has 4 rings (SSSR count). The fourth-order valence-electron chi connectivity index (χ4n) is 4.06. The summed E-state index contributed by atoms with van der Waals surface area (Å²) in [5, 5.41) is 14.6. The van der Waals surface area contributed by atoms with Crippen LogP contribution in [0.25, 0.3) is 16.3 Å². The monoisotopic (exact) mass is 414 g/mol. The first-order chi connectivity index (χ1) is 15.0. The van der Waals surface area contributed by atoms with Gasteiger partial charge in [0.25, 0.3) is 0 Å². The number of fused-ring (bicyclic) bond motifs is 1. The number of likely N-dealkylation sites (tertiary alicyclic amines) is 1. The molecule has 0 aliphatic carbocycles. The largest absolute Gasteiger partial charge is 0.478 e. The van der Waals surface area contributed by atoms with E-state index >= 15 is 0 Å². The topological polar surface area (TPSA) is 69.6 Å². The summed E-state index contributed by atoms with van der Waals surface area (Å²) in [6, 6.07) is 19.3. The van der Waals surface area contributed by atoms with E-state index in [9.17, 15) is 14.7 Å². The van der Waals surface area contributed by atoms with E-state index in [2.05, 4.69) is 10.2 Å². The fraction of sp³-hybridized carbons (Fsp3) is 0.231. The number of hydrogen-bond donors (Lipinski definition) is 2. The van der Waals surface area contributed by atoms with Gasteiger partial charge >= 0.3 is 5.97 Å². The van der Waals surface area contributed by atoms with Crippen LogP contribution in [0.5, 0.6) is 0 Å². The molecule has 0 saturated carbocycles. The molecular formula is C26H26N2O3. The molecule has 0 radical (unpaired) electrons. The van der Waals surface area contributed by atoms with Gasteiger partial charge in [-0.3, -0.25) is 9.69 Å². The Morgan fingerprint density at radius 3 is 2.48 bits per heavy atom. The minimum atomic E-state index is -1.06. The second-order valence-electron chi connectivity index (χ2n) is 8.05. The van der Waals surface area contributed by atoms with Gasteiger partial charge in [-0.2, -0.15) is 0 Å². The maximum Gasteiger partial charge on any atom is 0.337 e. The molecule has 5 heteroatoms. The third kappa shape index (κ3) is 5.01. The number of amides is 1. The Balaban J connectivity index is 1.54. The van der Waals surface area contributed by atoms with Crippen LogP contribution >= 0.6 is 0 Å². The molecule has 0 bridgehead atoms. The van der Waals surface area contributed by atoms with Crippen molar-refractivity contribution in [3.8, 4) is 0 Å². The number of anilines is 1. The molecular weight excluding hydrogens is 388 g/mol. The first-order valence-corrected chi connectivity index (χ1v) is 10.6. The van der Waals surface area contributed by atoms with E-state index in [4.69, 9.17) is 0 Å². The maximum atomic E-state index is 12.7. The predicted octanol–water partition coefficient (Wildman–Crippen LogP) is 5.18. The van der Waals surface area contributed by atoms with Crippen LogP contribution in [0.2, 0.25) is 0 Å².